The molecule has 0 unspecified atom stereocenters. The minimum atomic E-state index is -5.34. The fourth-order valence-electron chi connectivity index (χ4n) is 3.72. The number of benzene rings is 1. The second-order valence-corrected chi connectivity index (χ2v) is 8.13. The van der Waals surface area contributed by atoms with E-state index < -0.39 is 41.8 Å². The summed E-state index contributed by atoms with van der Waals surface area (Å²) >= 11 is 0. The van der Waals surface area contributed by atoms with E-state index in [-0.39, 0.29) is 23.7 Å². The zero-order valence-corrected chi connectivity index (χ0v) is 19.5. The molecule has 3 aromatic rings. The monoisotopic (exact) mass is 532 g/mol. The van der Waals surface area contributed by atoms with Crippen LogP contribution in [0.2, 0.25) is 0 Å². The van der Waals surface area contributed by atoms with Crippen LogP contribution in [0.15, 0.2) is 42.6 Å². The minimum absolute atomic E-state index is 0.0228. The highest BCUT2D eigenvalue weighted by atomic mass is 19.4. The van der Waals surface area contributed by atoms with Crippen LogP contribution in [0.3, 0.4) is 0 Å². The van der Waals surface area contributed by atoms with Crippen molar-refractivity contribution in [2.45, 2.75) is 12.6 Å². The Balaban J connectivity index is 1.64. The van der Waals surface area contributed by atoms with Crippen molar-refractivity contribution in [2.24, 2.45) is 0 Å². The average molecular weight is 532 g/mol. The number of nitrogens with zero attached hydrogens (tertiary/aromatic N) is 1. The molecule has 0 atom stereocenters. The third-order valence-corrected chi connectivity index (χ3v) is 5.50. The second kappa shape index (κ2) is 10.8. The molecule has 3 heterocycles. The van der Waals surface area contributed by atoms with Gasteiger partial charge in [-0.3, -0.25) is 14.6 Å². The van der Waals surface area contributed by atoms with E-state index in [1.54, 1.807) is 12.1 Å². The van der Waals surface area contributed by atoms with Crippen molar-refractivity contribution < 1.29 is 41.8 Å². The predicted octanol–water partition coefficient (Wildman–Crippen LogP) is 3.02. The molecule has 2 aromatic heterocycles. The summed E-state index contributed by atoms with van der Waals surface area (Å²) in [5, 5.41) is 13.8. The third-order valence-electron chi connectivity index (χ3n) is 5.50. The topological polar surface area (TPSA) is 133 Å². The first-order valence-corrected chi connectivity index (χ1v) is 11.2. The number of rotatable bonds is 7. The number of hydrogen-bond donors (Lipinski definition) is 4. The van der Waals surface area contributed by atoms with Gasteiger partial charge in [0, 0.05) is 42.7 Å². The molecule has 38 heavy (non-hydrogen) atoms. The van der Waals surface area contributed by atoms with Gasteiger partial charge in [-0.05, 0) is 42.0 Å². The fourth-order valence-corrected chi connectivity index (χ4v) is 3.72. The zero-order chi connectivity index (χ0) is 27.4. The summed E-state index contributed by atoms with van der Waals surface area (Å²) in [5.41, 5.74) is 1.79. The van der Waals surface area contributed by atoms with Crippen molar-refractivity contribution in [1.29, 1.82) is 0 Å². The van der Waals surface area contributed by atoms with Crippen LogP contribution in [0, 0.1) is 0 Å². The number of H-pyrrole nitrogens is 1. The molecule has 1 aliphatic heterocycles. The number of ether oxygens (including phenoxy) is 1. The number of carbonyl (C=O) groups is 3. The number of aromatic nitrogens is 2. The SMILES string of the molecule is O=C(NCCO)c1ccc(/C=C(\F)c2cc(-c3cc4c([nH]3)CCNC4=O)ccn2)cc1OC(=O)C(F)(F)F. The molecule has 0 bridgehead atoms. The van der Waals surface area contributed by atoms with E-state index in [1.807, 2.05) is 0 Å². The Morgan fingerprint density at radius 1 is 1.18 bits per heavy atom. The summed E-state index contributed by atoms with van der Waals surface area (Å²) in [6.45, 7) is -0.134. The molecule has 4 N–H and O–H groups in total. The number of aliphatic hydroxyl groups excluding tert-OH is 1. The Morgan fingerprint density at radius 2 is 1.97 bits per heavy atom. The molecule has 2 amide bonds. The molecule has 0 fully saturated rings. The summed E-state index contributed by atoms with van der Waals surface area (Å²) < 4.78 is 57.8. The van der Waals surface area contributed by atoms with E-state index >= 15 is 4.39 Å². The maximum Gasteiger partial charge on any atom is 0.491 e. The van der Waals surface area contributed by atoms with Gasteiger partial charge in [0.2, 0.25) is 0 Å². The lowest BCUT2D eigenvalue weighted by Crippen LogP contribution is -2.31. The van der Waals surface area contributed by atoms with Crippen LogP contribution in [-0.2, 0) is 11.2 Å². The fraction of sp³-hybridized carbons (Fsp3) is 0.200. The van der Waals surface area contributed by atoms with Crippen molar-refractivity contribution in [3.8, 4) is 17.0 Å². The number of nitrogens with one attached hydrogen (secondary N) is 3. The van der Waals surface area contributed by atoms with Crippen molar-refractivity contribution in [3.63, 3.8) is 0 Å². The number of esters is 1. The van der Waals surface area contributed by atoms with Crippen molar-refractivity contribution in [1.82, 2.24) is 20.6 Å². The molecular formula is C25H20F4N4O5. The number of hydrogen-bond acceptors (Lipinski definition) is 6. The molecule has 0 radical (unpaired) electrons. The van der Waals surface area contributed by atoms with Gasteiger partial charge in [0.05, 0.1) is 23.4 Å². The Labute approximate surface area is 212 Å². The summed E-state index contributed by atoms with van der Waals surface area (Å²) in [6.07, 6.45) is -2.43. The molecule has 1 aromatic carbocycles. The van der Waals surface area contributed by atoms with Crippen molar-refractivity contribution in [3.05, 3.63) is 70.7 Å². The number of carbonyl (C=O) groups excluding carboxylic acids is 3. The van der Waals surface area contributed by atoms with Crippen LogP contribution in [0.5, 0.6) is 5.75 Å². The van der Waals surface area contributed by atoms with Gasteiger partial charge < -0.3 is 25.5 Å². The maximum absolute atomic E-state index is 15.1. The highest BCUT2D eigenvalue weighted by Gasteiger charge is 2.42. The highest BCUT2D eigenvalue weighted by molar-refractivity contribution is 5.99. The normalized spacial score (nSPS) is 13.5. The highest BCUT2D eigenvalue weighted by Crippen LogP contribution is 2.29. The van der Waals surface area contributed by atoms with Crippen LogP contribution in [0.25, 0.3) is 23.2 Å². The number of fused-ring (bicyclic) bond motifs is 1. The molecule has 13 heteroatoms. The summed E-state index contributed by atoms with van der Waals surface area (Å²) in [4.78, 5) is 42.8. The van der Waals surface area contributed by atoms with Gasteiger partial charge in [-0.15, -0.1) is 0 Å². The molecule has 4 rings (SSSR count). The van der Waals surface area contributed by atoms with Crippen molar-refractivity contribution in [2.75, 3.05) is 19.7 Å². The van der Waals surface area contributed by atoms with Crippen LogP contribution < -0.4 is 15.4 Å². The standard InChI is InChI=1S/C25H20F4N4O5/c26-17(20-11-14(3-5-30-20)19-12-16-18(33-19)4-6-31-23(16)36)9-13-1-2-15(22(35)32-7-8-34)21(10-13)38-24(37)25(27,28)29/h1-3,5,9-12,33-34H,4,6-8H2,(H,31,36)(H,32,35)/b17-9-. The van der Waals surface area contributed by atoms with Crippen LogP contribution in [0.1, 0.15) is 37.7 Å². The van der Waals surface area contributed by atoms with Gasteiger partial charge in [-0.1, -0.05) is 6.07 Å². The first-order chi connectivity index (χ1) is 18.1. The summed E-state index contributed by atoms with van der Waals surface area (Å²) in [6, 6.07) is 7.87. The van der Waals surface area contributed by atoms with Crippen LogP contribution >= 0.6 is 0 Å². The molecule has 1 aliphatic rings. The smallest absolute Gasteiger partial charge is 0.419 e. The van der Waals surface area contributed by atoms with Gasteiger partial charge >= 0.3 is 12.1 Å². The lowest BCUT2D eigenvalue weighted by Gasteiger charge is -2.12. The molecule has 0 spiro atoms. The van der Waals surface area contributed by atoms with E-state index in [0.717, 1.165) is 23.9 Å². The average Bonchev–Trinajstić information content (AvgIpc) is 3.33. The van der Waals surface area contributed by atoms with Gasteiger partial charge in [0.25, 0.3) is 11.8 Å². The molecule has 0 saturated heterocycles. The zero-order valence-electron chi connectivity index (χ0n) is 19.5. The van der Waals surface area contributed by atoms with E-state index in [9.17, 15) is 27.6 Å². The Kier molecular flexibility index (Phi) is 7.57. The Bertz CT molecular complexity index is 1430. The Hall–Kier alpha value is -4.52. The number of amides is 2. The number of halogens is 4. The van der Waals surface area contributed by atoms with E-state index in [0.29, 0.717) is 29.8 Å². The first-order valence-electron chi connectivity index (χ1n) is 11.2. The van der Waals surface area contributed by atoms with E-state index in [4.69, 9.17) is 5.11 Å². The lowest BCUT2D eigenvalue weighted by atomic mass is 10.1. The predicted molar refractivity (Wildman–Crippen MR) is 127 cm³/mol. The lowest BCUT2D eigenvalue weighted by molar-refractivity contribution is -0.189. The van der Waals surface area contributed by atoms with E-state index in [1.165, 1.54) is 18.3 Å². The Morgan fingerprint density at radius 3 is 2.68 bits per heavy atom. The quantitative estimate of drug-likeness (QED) is 0.210. The van der Waals surface area contributed by atoms with Gasteiger partial charge in [0.15, 0.2) is 0 Å². The van der Waals surface area contributed by atoms with Gasteiger partial charge in [0.1, 0.15) is 11.6 Å². The minimum Gasteiger partial charge on any atom is -0.419 e. The molecule has 0 aliphatic carbocycles. The maximum atomic E-state index is 15.1. The van der Waals surface area contributed by atoms with Crippen LogP contribution in [-0.4, -0.2) is 58.7 Å². The molecule has 9 nitrogen and oxygen atoms in total. The second-order valence-electron chi connectivity index (χ2n) is 8.13. The molecule has 198 valence electrons. The van der Waals surface area contributed by atoms with Crippen LogP contribution in [0.4, 0.5) is 17.6 Å². The van der Waals surface area contributed by atoms with Crippen molar-refractivity contribution >= 4 is 29.7 Å². The number of alkyl halides is 3. The van der Waals surface area contributed by atoms with E-state index in [2.05, 4.69) is 25.3 Å². The third kappa shape index (κ3) is 5.89. The number of pyridine rings is 1. The molecule has 0 saturated carbocycles. The number of aliphatic hydroxyl groups is 1. The first kappa shape index (κ1) is 26.5. The molecular weight excluding hydrogens is 512 g/mol. The summed E-state index contributed by atoms with van der Waals surface area (Å²) in [5.74, 6) is -5.30. The summed E-state index contributed by atoms with van der Waals surface area (Å²) in [7, 11) is 0. The largest absolute Gasteiger partial charge is 0.491 e. The number of aromatic amines is 1. The van der Waals surface area contributed by atoms with Gasteiger partial charge in [-0.2, -0.15) is 13.2 Å². The van der Waals surface area contributed by atoms with Gasteiger partial charge in [-0.25, -0.2) is 9.18 Å².